The summed E-state index contributed by atoms with van der Waals surface area (Å²) >= 11 is 0. The Morgan fingerprint density at radius 3 is 2.32 bits per heavy atom. The highest BCUT2D eigenvalue weighted by atomic mass is 16.2. The lowest BCUT2D eigenvalue weighted by Crippen LogP contribution is -2.48. The molecule has 196 valence electrons. The highest BCUT2D eigenvalue weighted by Gasteiger charge is 2.33. The molecule has 38 heavy (non-hydrogen) atoms. The van der Waals surface area contributed by atoms with Gasteiger partial charge in [-0.3, -0.25) is 18.8 Å². The van der Waals surface area contributed by atoms with Crippen LogP contribution in [0.2, 0.25) is 0 Å². The molecule has 2 saturated heterocycles. The molecule has 2 fully saturated rings. The molecule has 3 aliphatic rings. The van der Waals surface area contributed by atoms with E-state index in [-0.39, 0.29) is 24.2 Å². The number of carbonyl (C=O) groups excluding carboxylic acids is 1. The summed E-state index contributed by atoms with van der Waals surface area (Å²) in [6.45, 7) is 5.24. The van der Waals surface area contributed by atoms with E-state index in [0.717, 1.165) is 69.6 Å². The van der Waals surface area contributed by atoms with Crippen molar-refractivity contribution in [3.05, 3.63) is 82.3 Å². The number of para-hydroxylation sites is 2. The fourth-order valence-corrected chi connectivity index (χ4v) is 7.03. The first kappa shape index (κ1) is 23.7. The monoisotopic (exact) mass is 509 g/mol. The lowest BCUT2D eigenvalue weighted by atomic mass is 9.99. The molecule has 7 rings (SSSR count). The zero-order chi connectivity index (χ0) is 25.8. The van der Waals surface area contributed by atoms with Crippen LogP contribution in [0, 0.1) is 0 Å². The Hall–Kier alpha value is -3.42. The van der Waals surface area contributed by atoms with Crippen LogP contribution in [0.4, 0.5) is 0 Å². The smallest absolute Gasteiger partial charge is 0.329 e. The lowest BCUT2D eigenvalue weighted by Gasteiger charge is -2.37. The van der Waals surface area contributed by atoms with Crippen molar-refractivity contribution in [2.75, 3.05) is 46.3 Å². The van der Waals surface area contributed by atoms with Gasteiger partial charge in [0.05, 0.1) is 11.0 Å². The second-order valence-corrected chi connectivity index (χ2v) is 11.3. The van der Waals surface area contributed by atoms with Gasteiger partial charge in [-0.1, -0.05) is 48.5 Å². The van der Waals surface area contributed by atoms with Crippen molar-refractivity contribution in [2.45, 2.75) is 37.9 Å². The lowest BCUT2D eigenvalue weighted by molar-refractivity contribution is -0.133. The number of hydrogen-bond donors (Lipinski definition) is 0. The standard InChI is InChI=1S/C31H35N5O2/c1-32-16-18-34(19-17-32)29(37)21-35-26-10-2-3-11-27(26)36(31(35)38)24-12-14-33(15-13-24)28-20-23-8-4-6-22-7-5-9-25(28)30(22)23/h2-11,24,28H,12-21H2,1H3. The molecule has 3 heterocycles. The van der Waals surface area contributed by atoms with E-state index >= 15 is 0 Å². The number of piperidine rings is 1. The first-order valence-corrected chi connectivity index (χ1v) is 14.0. The summed E-state index contributed by atoms with van der Waals surface area (Å²) in [6, 6.07) is 21.9. The van der Waals surface area contributed by atoms with Crippen molar-refractivity contribution < 1.29 is 4.79 Å². The topological polar surface area (TPSA) is 53.7 Å². The Bertz CT molecular complexity index is 1570. The predicted molar refractivity (Wildman–Crippen MR) is 151 cm³/mol. The molecule has 7 nitrogen and oxygen atoms in total. The van der Waals surface area contributed by atoms with Gasteiger partial charge in [-0.25, -0.2) is 4.79 Å². The number of rotatable bonds is 4. The number of likely N-dealkylation sites (tertiary alicyclic amines) is 1. The summed E-state index contributed by atoms with van der Waals surface area (Å²) in [7, 11) is 2.08. The normalized spacial score (nSPS) is 21.1. The molecule has 0 saturated carbocycles. The Kier molecular flexibility index (Phi) is 5.86. The van der Waals surface area contributed by atoms with Crippen LogP contribution in [0.5, 0.6) is 0 Å². The van der Waals surface area contributed by atoms with Crippen LogP contribution >= 0.6 is 0 Å². The number of aromatic nitrogens is 2. The van der Waals surface area contributed by atoms with Gasteiger partial charge >= 0.3 is 5.69 Å². The third-order valence-corrected chi connectivity index (χ3v) is 9.12. The van der Waals surface area contributed by atoms with Gasteiger partial charge < -0.3 is 9.80 Å². The van der Waals surface area contributed by atoms with Crippen molar-refractivity contribution in [3.8, 4) is 0 Å². The van der Waals surface area contributed by atoms with Crippen molar-refractivity contribution >= 4 is 27.7 Å². The van der Waals surface area contributed by atoms with E-state index in [2.05, 4.69) is 53.2 Å². The summed E-state index contributed by atoms with van der Waals surface area (Å²) in [4.78, 5) is 33.7. The summed E-state index contributed by atoms with van der Waals surface area (Å²) in [5.41, 5.74) is 4.66. The number of benzene rings is 3. The van der Waals surface area contributed by atoms with E-state index < -0.39 is 0 Å². The summed E-state index contributed by atoms with van der Waals surface area (Å²) in [6.07, 6.45) is 2.93. The molecular formula is C31H35N5O2. The average molecular weight is 510 g/mol. The van der Waals surface area contributed by atoms with E-state index in [1.54, 1.807) is 4.57 Å². The van der Waals surface area contributed by atoms with Crippen LogP contribution in [0.3, 0.4) is 0 Å². The molecule has 3 aromatic carbocycles. The van der Waals surface area contributed by atoms with E-state index in [1.165, 1.54) is 21.9 Å². The number of carbonyl (C=O) groups is 1. The zero-order valence-electron chi connectivity index (χ0n) is 22.1. The van der Waals surface area contributed by atoms with E-state index in [4.69, 9.17) is 0 Å². The number of hydrogen-bond acceptors (Lipinski definition) is 4. The van der Waals surface area contributed by atoms with Crippen molar-refractivity contribution in [1.29, 1.82) is 0 Å². The molecule has 1 amide bonds. The molecule has 0 bridgehead atoms. The maximum Gasteiger partial charge on any atom is 0.329 e. The minimum atomic E-state index is -0.0508. The number of fused-ring (bicyclic) bond motifs is 1. The minimum absolute atomic E-state index is 0.0351. The molecule has 1 unspecified atom stereocenters. The van der Waals surface area contributed by atoms with Gasteiger partial charge in [-0.15, -0.1) is 0 Å². The molecule has 0 spiro atoms. The van der Waals surface area contributed by atoms with Crippen molar-refractivity contribution in [2.24, 2.45) is 0 Å². The maximum absolute atomic E-state index is 13.8. The molecule has 1 aromatic heterocycles. The molecule has 0 radical (unpaired) electrons. The van der Waals surface area contributed by atoms with Crippen LogP contribution in [0.15, 0.2) is 65.5 Å². The summed E-state index contributed by atoms with van der Waals surface area (Å²) < 4.78 is 3.69. The number of piperazine rings is 1. The molecular weight excluding hydrogens is 474 g/mol. The Balaban J connectivity index is 1.12. The number of nitrogens with zero attached hydrogens (tertiary/aromatic N) is 5. The van der Waals surface area contributed by atoms with Gasteiger partial charge in [0.25, 0.3) is 0 Å². The molecule has 1 aliphatic carbocycles. The van der Waals surface area contributed by atoms with Gasteiger partial charge in [-0.05, 0) is 60.3 Å². The van der Waals surface area contributed by atoms with Crippen LogP contribution < -0.4 is 5.69 Å². The first-order chi connectivity index (χ1) is 18.6. The molecule has 1 atom stereocenters. The number of amides is 1. The van der Waals surface area contributed by atoms with Crippen LogP contribution in [-0.4, -0.2) is 76.1 Å². The van der Waals surface area contributed by atoms with Crippen LogP contribution in [0.1, 0.15) is 36.1 Å². The van der Waals surface area contributed by atoms with Crippen molar-refractivity contribution in [1.82, 2.24) is 23.8 Å². The summed E-state index contributed by atoms with van der Waals surface area (Å²) in [5.74, 6) is 0.0351. The third kappa shape index (κ3) is 3.87. The predicted octanol–water partition coefficient (Wildman–Crippen LogP) is 3.66. The highest BCUT2D eigenvalue weighted by molar-refractivity contribution is 5.91. The first-order valence-electron chi connectivity index (χ1n) is 14.0. The molecule has 7 heteroatoms. The number of imidazole rings is 1. The zero-order valence-corrected chi connectivity index (χ0v) is 22.1. The van der Waals surface area contributed by atoms with Gasteiger partial charge in [-0.2, -0.15) is 0 Å². The largest absolute Gasteiger partial charge is 0.339 e. The fraction of sp³-hybridized carbons (Fsp3) is 0.419. The van der Waals surface area contributed by atoms with Crippen LogP contribution in [-0.2, 0) is 17.8 Å². The summed E-state index contributed by atoms with van der Waals surface area (Å²) in [5, 5.41) is 2.77. The van der Waals surface area contributed by atoms with Crippen molar-refractivity contribution in [3.63, 3.8) is 0 Å². The van der Waals surface area contributed by atoms with Gasteiger partial charge in [0, 0.05) is 51.4 Å². The van der Waals surface area contributed by atoms with Gasteiger partial charge in [0.1, 0.15) is 6.54 Å². The Labute approximate surface area is 222 Å². The van der Waals surface area contributed by atoms with E-state index in [0.29, 0.717) is 6.04 Å². The average Bonchev–Trinajstić information content (AvgIpc) is 3.46. The second-order valence-electron chi connectivity index (χ2n) is 11.3. The van der Waals surface area contributed by atoms with Gasteiger partial charge in [0.15, 0.2) is 0 Å². The SMILES string of the molecule is CN1CCN(C(=O)Cn2c(=O)n(C3CCN(C4Cc5cccc6cccc4c56)CC3)c3ccccc32)CC1. The van der Waals surface area contributed by atoms with Crippen LogP contribution in [0.25, 0.3) is 21.8 Å². The quantitative estimate of drug-likeness (QED) is 0.421. The van der Waals surface area contributed by atoms with Gasteiger partial charge in [0.2, 0.25) is 5.91 Å². The van der Waals surface area contributed by atoms with E-state index in [9.17, 15) is 9.59 Å². The Morgan fingerprint density at radius 1 is 0.842 bits per heavy atom. The molecule has 0 N–H and O–H groups in total. The maximum atomic E-state index is 13.8. The minimum Gasteiger partial charge on any atom is -0.339 e. The number of likely N-dealkylation sites (N-methyl/N-ethyl adjacent to an activating group) is 1. The third-order valence-electron chi connectivity index (χ3n) is 9.12. The Morgan fingerprint density at radius 2 is 1.55 bits per heavy atom. The molecule has 4 aromatic rings. The van der Waals surface area contributed by atoms with E-state index in [1.807, 2.05) is 33.7 Å². The fourth-order valence-electron chi connectivity index (χ4n) is 7.03. The molecule has 2 aliphatic heterocycles. The second kappa shape index (κ2) is 9.40. The highest BCUT2D eigenvalue weighted by Crippen LogP contribution is 2.41.